The van der Waals surface area contributed by atoms with Gasteiger partial charge in [-0.1, -0.05) is 6.07 Å². The maximum Gasteiger partial charge on any atom is 0.335 e. The maximum absolute atomic E-state index is 11.3. The first-order valence-corrected chi connectivity index (χ1v) is 8.13. The predicted molar refractivity (Wildman–Crippen MR) is 91.3 cm³/mol. The molecule has 3 N–H and O–H groups in total. The molecule has 24 heavy (non-hydrogen) atoms. The van der Waals surface area contributed by atoms with Crippen LogP contribution in [0.25, 0.3) is 10.9 Å². The number of pyridine rings is 1. The minimum Gasteiger partial charge on any atom is -0.478 e. The number of aromatic nitrogens is 3. The number of hydrogen-bond donors (Lipinski definition) is 3. The number of rotatable bonds is 4. The van der Waals surface area contributed by atoms with E-state index in [4.69, 9.17) is 0 Å². The van der Waals surface area contributed by atoms with Gasteiger partial charge in [0, 0.05) is 17.3 Å². The Morgan fingerprint density at radius 2 is 2.17 bits per heavy atom. The van der Waals surface area contributed by atoms with Gasteiger partial charge in [0.15, 0.2) is 0 Å². The smallest absolute Gasteiger partial charge is 0.335 e. The van der Waals surface area contributed by atoms with E-state index in [1.165, 1.54) is 24.2 Å². The molecule has 3 aromatic rings. The number of nitrogens with one attached hydrogen (secondary N) is 2. The fourth-order valence-corrected chi connectivity index (χ4v) is 3.23. The third-order valence-corrected chi connectivity index (χ3v) is 4.40. The van der Waals surface area contributed by atoms with E-state index in [0.717, 1.165) is 29.6 Å². The van der Waals surface area contributed by atoms with E-state index in [1.807, 2.05) is 6.07 Å². The molecule has 0 radical (unpaired) electrons. The first-order valence-electron chi connectivity index (χ1n) is 8.13. The summed E-state index contributed by atoms with van der Waals surface area (Å²) in [5.41, 5.74) is 4.12. The van der Waals surface area contributed by atoms with Crippen molar-refractivity contribution in [3.05, 3.63) is 53.2 Å². The van der Waals surface area contributed by atoms with Gasteiger partial charge in [0.1, 0.15) is 5.82 Å². The zero-order valence-corrected chi connectivity index (χ0v) is 13.2. The Hall–Kier alpha value is -2.89. The number of aromatic carboxylic acids is 1. The summed E-state index contributed by atoms with van der Waals surface area (Å²) in [6, 6.07) is 6.94. The molecule has 0 bridgehead atoms. The van der Waals surface area contributed by atoms with E-state index in [1.54, 1.807) is 24.4 Å². The summed E-state index contributed by atoms with van der Waals surface area (Å²) < 4.78 is 0. The molecule has 0 amide bonds. The summed E-state index contributed by atoms with van der Waals surface area (Å²) in [6.07, 6.45) is 6.20. The maximum atomic E-state index is 11.3. The van der Waals surface area contributed by atoms with Gasteiger partial charge < -0.3 is 15.4 Å². The number of nitrogens with zero attached hydrogens (tertiary/aromatic N) is 2. The number of carbonyl (C=O) groups is 1. The number of aryl methyl sites for hydroxylation is 2. The third kappa shape index (κ3) is 2.71. The van der Waals surface area contributed by atoms with Gasteiger partial charge in [-0.2, -0.15) is 0 Å². The number of H-pyrrole nitrogens is 1. The third-order valence-electron chi connectivity index (χ3n) is 4.40. The van der Waals surface area contributed by atoms with Crippen LogP contribution in [0, 0.1) is 0 Å². The van der Waals surface area contributed by atoms with Crippen molar-refractivity contribution in [2.75, 3.05) is 5.32 Å². The highest BCUT2D eigenvalue weighted by atomic mass is 16.4. The van der Waals surface area contributed by atoms with Crippen LogP contribution in [-0.4, -0.2) is 26.0 Å². The number of fused-ring (bicyclic) bond motifs is 2. The normalized spacial score (nSPS) is 13.7. The van der Waals surface area contributed by atoms with E-state index >= 15 is 0 Å². The van der Waals surface area contributed by atoms with Gasteiger partial charge in [0.2, 0.25) is 0 Å². The molecule has 6 nitrogen and oxygen atoms in total. The molecule has 0 saturated heterocycles. The number of carboxylic acids is 1. The van der Waals surface area contributed by atoms with Crippen LogP contribution >= 0.6 is 0 Å². The van der Waals surface area contributed by atoms with Crippen LogP contribution < -0.4 is 5.32 Å². The lowest BCUT2D eigenvalue weighted by Gasteiger charge is -2.09. The van der Waals surface area contributed by atoms with E-state index in [9.17, 15) is 9.90 Å². The monoisotopic (exact) mass is 322 g/mol. The Balaban J connectivity index is 1.64. The lowest BCUT2D eigenvalue weighted by Crippen LogP contribution is -2.05. The summed E-state index contributed by atoms with van der Waals surface area (Å²) in [7, 11) is 0. The first kappa shape index (κ1) is 14.7. The number of aromatic amines is 1. The summed E-state index contributed by atoms with van der Waals surface area (Å²) in [5.74, 6) is -0.0658. The van der Waals surface area contributed by atoms with E-state index < -0.39 is 5.97 Å². The SMILES string of the molecule is O=C(O)c1cc(NCc2nc3c([nH]2)CCCC3)c2ncccc2c1. The van der Waals surface area contributed by atoms with Gasteiger partial charge in [-0.15, -0.1) is 0 Å². The largest absolute Gasteiger partial charge is 0.478 e. The van der Waals surface area contributed by atoms with Gasteiger partial charge in [0.25, 0.3) is 0 Å². The van der Waals surface area contributed by atoms with Crippen LogP contribution in [0.5, 0.6) is 0 Å². The number of benzene rings is 1. The Morgan fingerprint density at radius 3 is 3.00 bits per heavy atom. The van der Waals surface area contributed by atoms with Gasteiger partial charge >= 0.3 is 5.97 Å². The standard InChI is InChI=1S/C18H18N4O2/c23-18(24)12-8-11-4-3-7-19-17(11)15(9-12)20-10-16-21-13-5-1-2-6-14(13)22-16/h3-4,7-9,20H,1-2,5-6,10H2,(H,21,22)(H,23,24). The predicted octanol–water partition coefficient (Wildman–Crippen LogP) is 3.15. The van der Waals surface area contributed by atoms with Crippen molar-refractivity contribution < 1.29 is 9.90 Å². The quantitative estimate of drug-likeness (QED) is 0.686. The molecule has 4 rings (SSSR count). The van der Waals surface area contributed by atoms with Gasteiger partial charge in [-0.3, -0.25) is 4.98 Å². The molecule has 1 aromatic carbocycles. The Morgan fingerprint density at radius 1 is 1.29 bits per heavy atom. The molecule has 0 fully saturated rings. The van der Waals surface area contributed by atoms with Crippen LogP contribution in [0.2, 0.25) is 0 Å². The highest BCUT2D eigenvalue weighted by molar-refractivity contribution is 5.99. The minimum absolute atomic E-state index is 0.247. The molecule has 2 heterocycles. The van der Waals surface area contributed by atoms with Crippen molar-refractivity contribution in [2.24, 2.45) is 0 Å². The topological polar surface area (TPSA) is 90.9 Å². The molecule has 0 saturated carbocycles. The minimum atomic E-state index is -0.947. The second kappa shape index (κ2) is 5.96. The van der Waals surface area contributed by atoms with Crippen molar-refractivity contribution in [1.29, 1.82) is 0 Å². The zero-order chi connectivity index (χ0) is 16.5. The van der Waals surface area contributed by atoms with Crippen LogP contribution in [0.15, 0.2) is 30.5 Å². The van der Waals surface area contributed by atoms with E-state index in [2.05, 4.69) is 20.3 Å². The Bertz CT molecular complexity index is 893. The zero-order valence-electron chi connectivity index (χ0n) is 13.2. The number of anilines is 1. The van der Waals surface area contributed by atoms with Gasteiger partial charge in [-0.05, 0) is 43.9 Å². The molecular formula is C18H18N4O2. The summed E-state index contributed by atoms with van der Waals surface area (Å²) in [5, 5.41) is 13.4. The van der Waals surface area contributed by atoms with Crippen molar-refractivity contribution >= 4 is 22.6 Å². The number of imidazole rings is 1. The first-order chi connectivity index (χ1) is 11.7. The molecule has 122 valence electrons. The highest BCUT2D eigenvalue weighted by Crippen LogP contribution is 2.25. The fourth-order valence-electron chi connectivity index (χ4n) is 3.23. The molecule has 1 aliphatic carbocycles. The molecular weight excluding hydrogens is 304 g/mol. The summed E-state index contributed by atoms with van der Waals surface area (Å²) >= 11 is 0. The summed E-state index contributed by atoms with van der Waals surface area (Å²) in [6.45, 7) is 0.516. The van der Waals surface area contributed by atoms with E-state index in [0.29, 0.717) is 12.2 Å². The molecule has 1 aliphatic rings. The summed E-state index contributed by atoms with van der Waals surface area (Å²) in [4.78, 5) is 23.7. The van der Waals surface area contributed by atoms with E-state index in [-0.39, 0.29) is 5.56 Å². The van der Waals surface area contributed by atoms with Crippen molar-refractivity contribution in [3.63, 3.8) is 0 Å². The van der Waals surface area contributed by atoms with Gasteiger partial charge in [0.05, 0.1) is 29.0 Å². The van der Waals surface area contributed by atoms with Crippen molar-refractivity contribution in [3.8, 4) is 0 Å². The van der Waals surface area contributed by atoms with Gasteiger partial charge in [-0.25, -0.2) is 9.78 Å². The fraction of sp³-hybridized carbons (Fsp3) is 0.278. The molecule has 6 heteroatoms. The molecule has 0 aliphatic heterocycles. The molecule has 0 unspecified atom stereocenters. The lowest BCUT2D eigenvalue weighted by molar-refractivity contribution is 0.0697. The van der Waals surface area contributed by atoms with Crippen molar-refractivity contribution in [1.82, 2.24) is 15.0 Å². The Kier molecular flexibility index (Phi) is 3.65. The number of carboxylic acid groups (broad SMARTS) is 1. The van der Waals surface area contributed by atoms with Crippen LogP contribution in [-0.2, 0) is 19.4 Å². The van der Waals surface area contributed by atoms with Crippen LogP contribution in [0.1, 0.15) is 40.4 Å². The molecule has 0 spiro atoms. The Labute approximate surface area is 139 Å². The van der Waals surface area contributed by atoms with Crippen LogP contribution in [0.4, 0.5) is 5.69 Å². The van der Waals surface area contributed by atoms with Crippen LogP contribution in [0.3, 0.4) is 0 Å². The molecule has 2 aromatic heterocycles. The second-order valence-corrected chi connectivity index (χ2v) is 6.07. The average molecular weight is 322 g/mol. The van der Waals surface area contributed by atoms with Crippen molar-refractivity contribution in [2.45, 2.75) is 32.2 Å². The second-order valence-electron chi connectivity index (χ2n) is 6.07. The lowest BCUT2D eigenvalue weighted by atomic mass is 10.0. The average Bonchev–Trinajstić information content (AvgIpc) is 3.02. The number of hydrogen-bond acceptors (Lipinski definition) is 4. The molecule has 0 atom stereocenters. The highest BCUT2D eigenvalue weighted by Gasteiger charge is 2.15.